The van der Waals surface area contributed by atoms with Gasteiger partial charge in [0.25, 0.3) is 0 Å². The van der Waals surface area contributed by atoms with Gasteiger partial charge in [0.05, 0.1) is 6.54 Å². The van der Waals surface area contributed by atoms with Crippen molar-refractivity contribution in [2.45, 2.75) is 19.9 Å². The molecule has 1 rings (SSSR count). The van der Waals surface area contributed by atoms with Crippen LogP contribution in [0.5, 0.6) is 0 Å². The Hall–Kier alpha value is -1.66. The van der Waals surface area contributed by atoms with Crippen molar-refractivity contribution >= 4 is 5.96 Å². The summed E-state index contributed by atoms with van der Waals surface area (Å²) in [6.07, 6.45) is 4.49. The molecule has 1 heterocycles. The SMILES string of the molecule is COCCCNC(=NCc1cnccc1C)NN. The largest absolute Gasteiger partial charge is 0.385 e. The molecular weight excluding hydrogens is 230 g/mol. The summed E-state index contributed by atoms with van der Waals surface area (Å²) in [5, 5.41) is 3.11. The highest BCUT2D eigenvalue weighted by Gasteiger charge is 1.98. The summed E-state index contributed by atoms with van der Waals surface area (Å²) < 4.78 is 4.96. The Morgan fingerprint density at radius 3 is 3.06 bits per heavy atom. The first kappa shape index (κ1) is 14.4. The maximum Gasteiger partial charge on any atom is 0.206 e. The fraction of sp³-hybridized carbons (Fsp3) is 0.500. The Bertz CT molecular complexity index is 380. The van der Waals surface area contributed by atoms with Crippen molar-refractivity contribution in [3.63, 3.8) is 0 Å². The number of hydrazine groups is 1. The summed E-state index contributed by atoms with van der Waals surface area (Å²) >= 11 is 0. The van der Waals surface area contributed by atoms with Gasteiger partial charge in [-0.2, -0.15) is 0 Å². The Labute approximate surface area is 108 Å². The van der Waals surface area contributed by atoms with Gasteiger partial charge in [0.15, 0.2) is 0 Å². The molecule has 0 spiro atoms. The van der Waals surface area contributed by atoms with Gasteiger partial charge >= 0.3 is 0 Å². The summed E-state index contributed by atoms with van der Waals surface area (Å²) in [4.78, 5) is 8.44. The summed E-state index contributed by atoms with van der Waals surface area (Å²) in [7, 11) is 1.68. The fourth-order valence-corrected chi connectivity index (χ4v) is 1.40. The van der Waals surface area contributed by atoms with Crippen LogP contribution in [0.15, 0.2) is 23.5 Å². The molecular formula is C12H21N5O. The van der Waals surface area contributed by atoms with E-state index in [9.17, 15) is 0 Å². The number of hydrogen-bond donors (Lipinski definition) is 3. The van der Waals surface area contributed by atoms with Crippen LogP contribution in [0.1, 0.15) is 17.5 Å². The topological polar surface area (TPSA) is 84.6 Å². The maximum absolute atomic E-state index is 5.40. The second-order valence-electron chi connectivity index (χ2n) is 3.88. The number of aryl methyl sites for hydroxylation is 1. The van der Waals surface area contributed by atoms with Crippen LogP contribution in [-0.2, 0) is 11.3 Å². The molecule has 100 valence electrons. The number of rotatable bonds is 6. The summed E-state index contributed by atoms with van der Waals surface area (Å²) in [5.74, 6) is 5.98. The first-order valence-corrected chi connectivity index (χ1v) is 5.91. The summed E-state index contributed by atoms with van der Waals surface area (Å²) in [6.45, 7) is 4.07. The monoisotopic (exact) mass is 251 g/mol. The molecule has 0 radical (unpaired) electrons. The van der Waals surface area contributed by atoms with Crippen LogP contribution in [0.4, 0.5) is 0 Å². The molecule has 0 unspecified atom stereocenters. The van der Waals surface area contributed by atoms with Crippen LogP contribution < -0.4 is 16.6 Å². The van der Waals surface area contributed by atoms with Crippen molar-refractivity contribution in [2.75, 3.05) is 20.3 Å². The van der Waals surface area contributed by atoms with Gasteiger partial charge in [0.1, 0.15) is 0 Å². The van der Waals surface area contributed by atoms with Crippen molar-refractivity contribution in [3.8, 4) is 0 Å². The van der Waals surface area contributed by atoms with E-state index >= 15 is 0 Å². The van der Waals surface area contributed by atoms with E-state index in [1.165, 1.54) is 5.56 Å². The Morgan fingerprint density at radius 1 is 1.56 bits per heavy atom. The molecule has 18 heavy (non-hydrogen) atoms. The molecule has 0 saturated heterocycles. The number of nitrogens with one attached hydrogen (secondary N) is 2. The third-order valence-electron chi connectivity index (χ3n) is 2.51. The molecule has 6 nitrogen and oxygen atoms in total. The van der Waals surface area contributed by atoms with E-state index in [4.69, 9.17) is 10.6 Å². The molecule has 0 fully saturated rings. The predicted molar refractivity (Wildman–Crippen MR) is 71.9 cm³/mol. The number of pyridine rings is 1. The lowest BCUT2D eigenvalue weighted by Gasteiger charge is -2.09. The number of nitrogens with zero attached hydrogens (tertiary/aromatic N) is 2. The van der Waals surface area contributed by atoms with Crippen LogP contribution in [-0.4, -0.2) is 31.2 Å². The zero-order chi connectivity index (χ0) is 13.2. The zero-order valence-electron chi connectivity index (χ0n) is 10.9. The molecule has 0 aliphatic heterocycles. The van der Waals surface area contributed by atoms with Gasteiger partial charge in [-0.3, -0.25) is 10.4 Å². The minimum Gasteiger partial charge on any atom is -0.385 e. The Morgan fingerprint density at radius 2 is 2.39 bits per heavy atom. The van der Waals surface area contributed by atoms with Gasteiger partial charge in [-0.1, -0.05) is 0 Å². The molecule has 0 aromatic carbocycles. The van der Waals surface area contributed by atoms with Crippen LogP contribution in [0.3, 0.4) is 0 Å². The molecule has 0 amide bonds. The normalized spacial score (nSPS) is 11.4. The van der Waals surface area contributed by atoms with E-state index in [2.05, 4.69) is 20.7 Å². The second-order valence-corrected chi connectivity index (χ2v) is 3.88. The predicted octanol–water partition coefficient (Wildman–Crippen LogP) is 0.335. The summed E-state index contributed by atoms with van der Waals surface area (Å²) in [5.41, 5.74) is 4.80. The molecule has 0 atom stereocenters. The van der Waals surface area contributed by atoms with Crippen molar-refractivity contribution in [1.29, 1.82) is 0 Å². The lowest BCUT2D eigenvalue weighted by atomic mass is 10.2. The van der Waals surface area contributed by atoms with Crippen LogP contribution >= 0.6 is 0 Å². The summed E-state index contributed by atoms with van der Waals surface area (Å²) in [6, 6.07) is 1.96. The minimum atomic E-state index is 0.552. The van der Waals surface area contributed by atoms with Crippen molar-refractivity contribution in [2.24, 2.45) is 10.8 Å². The molecule has 1 aromatic rings. The number of aromatic nitrogens is 1. The number of guanidine groups is 1. The molecule has 6 heteroatoms. The molecule has 0 saturated carbocycles. The van der Waals surface area contributed by atoms with Gasteiger partial charge in [-0.15, -0.1) is 0 Å². The third-order valence-corrected chi connectivity index (χ3v) is 2.51. The lowest BCUT2D eigenvalue weighted by Crippen LogP contribution is -2.42. The van der Waals surface area contributed by atoms with Gasteiger partial charge in [0.2, 0.25) is 5.96 Å². The lowest BCUT2D eigenvalue weighted by molar-refractivity contribution is 0.195. The number of nitrogens with two attached hydrogens (primary N) is 1. The van der Waals surface area contributed by atoms with Gasteiger partial charge < -0.3 is 10.1 Å². The third kappa shape index (κ3) is 5.11. The molecule has 4 N–H and O–H groups in total. The Balaban J connectivity index is 2.45. The van der Waals surface area contributed by atoms with E-state index in [0.717, 1.165) is 18.5 Å². The molecule has 1 aromatic heterocycles. The minimum absolute atomic E-state index is 0.552. The quantitative estimate of drug-likeness (QED) is 0.223. The van der Waals surface area contributed by atoms with Gasteiger partial charge in [0, 0.05) is 32.7 Å². The highest BCUT2D eigenvalue weighted by Crippen LogP contribution is 2.05. The number of ether oxygens (including phenoxy) is 1. The molecule has 0 bridgehead atoms. The van der Waals surface area contributed by atoms with E-state index in [-0.39, 0.29) is 0 Å². The number of hydrogen-bond acceptors (Lipinski definition) is 4. The highest BCUT2D eigenvalue weighted by molar-refractivity contribution is 5.79. The zero-order valence-corrected chi connectivity index (χ0v) is 10.9. The van der Waals surface area contributed by atoms with Crippen LogP contribution in [0.25, 0.3) is 0 Å². The van der Waals surface area contributed by atoms with Gasteiger partial charge in [-0.25, -0.2) is 10.8 Å². The molecule has 0 aliphatic rings. The van der Waals surface area contributed by atoms with E-state index in [0.29, 0.717) is 19.1 Å². The standard InChI is InChI=1S/C12H21N5O/c1-10-4-6-14-8-11(10)9-16-12(17-13)15-5-3-7-18-2/h4,6,8H,3,5,7,9,13H2,1-2H3,(H2,15,16,17). The van der Waals surface area contributed by atoms with Crippen molar-refractivity contribution in [1.82, 2.24) is 15.7 Å². The van der Waals surface area contributed by atoms with E-state index < -0.39 is 0 Å². The average Bonchev–Trinajstić information content (AvgIpc) is 2.40. The number of methoxy groups -OCH3 is 1. The average molecular weight is 251 g/mol. The van der Waals surface area contributed by atoms with Crippen LogP contribution in [0, 0.1) is 6.92 Å². The first-order chi connectivity index (χ1) is 8.77. The molecule has 0 aliphatic carbocycles. The second kappa shape index (κ2) is 8.43. The highest BCUT2D eigenvalue weighted by atomic mass is 16.5. The van der Waals surface area contributed by atoms with Crippen LogP contribution in [0.2, 0.25) is 0 Å². The fourth-order valence-electron chi connectivity index (χ4n) is 1.40. The van der Waals surface area contributed by atoms with Gasteiger partial charge in [-0.05, 0) is 30.5 Å². The van der Waals surface area contributed by atoms with E-state index in [1.807, 2.05) is 19.2 Å². The van der Waals surface area contributed by atoms with Crippen molar-refractivity contribution in [3.05, 3.63) is 29.6 Å². The number of aliphatic imine (C=N–C) groups is 1. The smallest absolute Gasteiger partial charge is 0.206 e. The maximum atomic E-state index is 5.40. The Kier molecular flexibility index (Phi) is 6.75. The first-order valence-electron chi connectivity index (χ1n) is 5.91. The van der Waals surface area contributed by atoms with Crippen molar-refractivity contribution < 1.29 is 4.74 Å². The van der Waals surface area contributed by atoms with E-state index in [1.54, 1.807) is 13.3 Å².